The fourth-order valence-corrected chi connectivity index (χ4v) is 1.57. The van der Waals surface area contributed by atoms with Crippen LogP contribution in [0.25, 0.3) is 0 Å². The van der Waals surface area contributed by atoms with Crippen molar-refractivity contribution in [3.8, 4) is 5.88 Å². The number of anilines is 2. The van der Waals surface area contributed by atoms with E-state index in [9.17, 15) is 0 Å². The predicted molar refractivity (Wildman–Crippen MR) is 71.6 cm³/mol. The lowest BCUT2D eigenvalue weighted by Crippen LogP contribution is -2.06. The second kappa shape index (κ2) is 5.86. The molecular formula is C13H16N4O. The first-order valence-electron chi connectivity index (χ1n) is 5.72. The Labute approximate surface area is 106 Å². The van der Waals surface area contributed by atoms with Gasteiger partial charge in [-0.15, -0.1) is 0 Å². The summed E-state index contributed by atoms with van der Waals surface area (Å²) in [5.74, 6) is 1.32. The number of hydrogen-bond donors (Lipinski definition) is 2. The summed E-state index contributed by atoms with van der Waals surface area (Å²) in [6.45, 7) is 0.796. The van der Waals surface area contributed by atoms with E-state index in [1.54, 1.807) is 13.2 Å². The van der Waals surface area contributed by atoms with E-state index < -0.39 is 0 Å². The summed E-state index contributed by atoms with van der Waals surface area (Å²) in [7, 11) is 1.58. The smallest absolute Gasteiger partial charge is 0.218 e. The standard InChI is InChI=1S/C13H16N4O/c1-18-13-8-12(16-9-17-13)15-7-6-10-2-4-11(14)5-3-10/h2-5,8-9H,6-7,14H2,1H3,(H,15,16,17). The van der Waals surface area contributed by atoms with Gasteiger partial charge in [0.25, 0.3) is 0 Å². The highest BCUT2D eigenvalue weighted by Gasteiger charge is 1.98. The lowest BCUT2D eigenvalue weighted by Gasteiger charge is -2.06. The monoisotopic (exact) mass is 244 g/mol. The number of hydrogen-bond acceptors (Lipinski definition) is 5. The Morgan fingerprint density at radius 3 is 2.72 bits per heavy atom. The molecule has 0 aliphatic rings. The average molecular weight is 244 g/mol. The number of benzene rings is 1. The van der Waals surface area contributed by atoms with E-state index >= 15 is 0 Å². The highest BCUT2D eigenvalue weighted by Crippen LogP contribution is 2.10. The Balaban J connectivity index is 1.86. The number of nitrogens with two attached hydrogens (primary N) is 1. The second-order valence-electron chi connectivity index (χ2n) is 3.86. The molecule has 94 valence electrons. The molecule has 0 spiro atoms. The Morgan fingerprint density at radius 1 is 1.22 bits per heavy atom. The second-order valence-corrected chi connectivity index (χ2v) is 3.86. The van der Waals surface area contributed by atoms with Gasteiger partial charge in [-0.2, -0.15) is 0 Å². The van der Waals surface area contributed by atoms with Gasteiger partial charge in [-0.25, -0.2) is 9.97 Å². The summed E-state index contributed by atoms with van der Waals surface area (Å²) in [6.07, 6.45) is 2.39. The Kier molecular flexibility index (Phi) is 3.96. The number of aromatic nitrogens is 2. The van der Waals surface area contributed by atoms with Gasteiger partial charge in [0.15, 0.2) is 0 Å². The molecule has 0 saturated heterocycles. The Morgan fingerprint density at radius 2 is 2.00 bits per heavy atom. The molecule has 0 fully saturated rings. The molecule has 0 radical (unpaired) electrons. The van der Waals surface area contributed by atoms with Gasteiger partial charge in [-0.1, -0.05) is 12.1 Å². The summed E-state index contributed by atoms with van der Waals surface area (Å²) >= 11 is 0. The van der Waals surface area contributed by atoms with E-state index in [0.717, 1.165) is 24.5 Å². The SMILES string of the molecule is COc1cc(NCCc2ccc(N)cc2)ncn1. The molecule has 0 saturated carbocycles. The van der Waals surface area contributed by atoms with Gasteiger partial charge < -0.3 is 15.8 Å². The summed E-state index contributed by atoms with van der Waals surface area (Å²) in [5.41, 5.74) is 7.65. The van der Waals surface area contributed by atoms with E-state index in [-0.39, 0.29) is 0 Å². The van der Waals surface area contributed by atoms with Crippen molar-refractivity contribution in [2.24, 2.45) is 0 Å². The van der Waals surface area contributed by atoms with Crippen LogP contribution in [0.1, 0.15) is 5.56 Å². The van der Waals surface area contributed by atoms with E-state index in [2.05, 4.69) is 15.3 Å². The van der Waals surface area contributed by atoms with Crippen molar-refractivity contribution in [2.75, 3.05) is 24.7 Å². The molecule has 0 aliphatic heterocycles. The van der Waals surface area contributed by atoms with Crippen molar-refractivity contribution in [1.29, 1.82) is 0 Å². The van der Waals surface area contributed by atoms with Crippen LogP contribution >= 0.6 is 0 Å². The number of ether oxygens (including phenoxy) is 1. The quantitative estimate of drug-likeness (QED) is 0.783. The average Bonchev–Trinajstić information content (AvgIpc) is 2.41. The first kappa shape index (κ1) is 12.2. The zero-order valence-corrected chi connectivity index (χ0v) is 10.3. The summed E-state index contributed by atoms with van der Waals surface area (Å²) in [4.78, 5) is 8.06. The molecular weight excluding hydrogens is 228 g/mol. The first-order valence-corrected chi connectivity index (χ1v) is 5.72. The molecule has 2 rings (SSSR count). The molecule has 0 amide bonds. The van der Waals surface area contributed by atoms with Gasteiger partial charge in [0.1, 0.15) is 12.1 Å². The minimum Gasteiger partial charge on any atom is -0.481 e. The predicted octanol–water partition coefficient (Wildman–Crippen LogP) is 1.72. The van der Waals surface area contributed by atoms with Gasteiger partial charge in [0.2, 0.25) is 5.88 Å². The van der Waals surface area contributed by atoms with Crippen molar-refractivity contribution < 1.29 is 4.74 Å². The molecule has 3 N–H and O–H groups in total. The normalized spacial score (nSPS) is 10.1. The lowest BCUT2D eigenvalue weighted by molar-refractivity contribution is 0.397. The third-order valence-corrected chi connectivity index (χ3v) is 2.55. The molecule has 1 heterocycles. The van der Waals surface area contributed by atoms with E-state index in [1.807, 2.05) is 24.3 Å². The summed E-state index contributed by atoms with van der Waals surface area (Å²) < 4.78 is 5.03. The van der Waals surface area contributed by atoms with Gasteiger partial charge >= 0.3 is 0 Å². The zero-order valence-electron chi connectivity index (χ0n) is 10.3. The Hall–Kier alpha value is -2.30. The van der Waals surface area contributed by atoms with Crippen LogP contribution < -0.4 is 15.8 Å². The highest BCUT2D eigenvalue weighted by atomic mass is 16.5. The van der Waals surface area contributed by atoms with Gasteiger partial charge in [0, 0.05) is 18.3 Å². The molecule has 0 bridgehead atoms. The minimum absolute atomic E-state index is 0.556. The molecule has 0 unspecified atom stereocenters. The van der Waals surface area contributed by atoms with Crippen molar-refractivity contribution in [1.82, 2.24) is 9.97 Å². The molecule has 1 aromatic carbocycles. The third kappa shape index (κ3) is 3.35. The number of rotatable bonds is 5. The van der Waals surface area contributed by atoms with Crippen molar-refractivity contribution in [2.45, 2.75) is 6.42 Å². The maximum absolute atomic E-state index is 5.63. The van der Waals surface area contributed by atoms with Crippen molar-refractivity contribution in [3.05, 3.63) is 42.2 Å². The molecule has 5 nitrogen and oxygen atoms in total. The fourth-order valence-electron chi connectivity index (χ4n) is 1.57. The Bertz CT molecular complexity index is 499. The highest BCUT2D eigenvalue weighted by molar-refractivity contribution is 5.40. The largest absolute Gasteiger partial charge is 0.481 e. The van der Waals surface area contributed by atoms with E-state index in [0.29, 0.717) is 5.88 Å². The van der Waals surface area contributed by atoms with Crippen LogP contribution in [0.4, 0.5) is 11.5 Å². The molecule has 0 atom stereocenters. The molecule has 0 aliphatic carbocycles. The minimum atomic E-state index is 0.556. The number of nitrogens with one attached hydrogen (secondary N) is 1. The van der Waals surface area contributed by atoms with Crippen LogP contribution in [-0.4, -0.2) is 23.6 Å². The van der Waals surface area contributed by atoms with Gasteiger partial charge in [0.05, 0.1) is 7.11 Å². The number of methoxy groups -OCH3 is 1. The van der Waals surface area contributed by atoms with Crippen LogP contribution in [0.2, 0.25) is 0 Å². The summed E-state index contributed by atoms with van der Waals surface area (Å²) in [5, 5.41) is 3.22. The van der Waals surface area contributed by atoms with Gasteiger partial charge in [-0.3, -0.25) is 0 Å². The maximum atomic E-state index is 5.63. The molecule has 1 aromatic heterocycles. The van der Waals surface area contributed by atoms with Crippen LogP contribution in [-0.2, 0) is 6.42 Å². The van der Waals surface area contributed by atoms with E-state index in [1.165, 1.54) is 11.9 Å². The first-order chi connectivity index (χ1) is 8.78. The van der Waals surface area contributed by atoms with Gasteiger partial charge in [-0.05, 0) is 24.1 Å². The molecule has 5 heteroatoms. The summed E-state index contributed by atoms with van der Waals surface area (Å²) in [6, 6.07) is 9.63. The van der Waals surface area contributed by atoms with Crippen molar-refractivity contribution in [3.63, 3.8) is 0 Å². The maximum Gasteiger partial charge on any atom is 0.218 e. The van der Waals surface area contributed by atoms with Crippen LogP contribution in [0.15, 0.2) is 36.7 Å². The molecule has 2 aromatic rings. The lowest BCUT2D eigenvalue weighted by atomic mass is 10.1. The number of nitrogens with zero attached hydrogens (tertiary/aromatic N) is 2. The van der Waals surface area contributed by atoms with E-state index in [4.69, 9.17) is 10.5 Å². The number of nitrogen functional groups attached to an aromatic ring is 1. The zero-order chi connectivity index (χ0) is 12.8. The fraction of sp³-hybridized carbons (Fsp3) is 0.231. The third-order valence-electron chi connectivity index (χ3n) is 2.55. The van der Waals surface area contributed by atoms with Crippen molar-refractivity contribution >= 4 is 11.5 Å². The van der Waals surface area contributed by atoms with Crippen LogP contribution in [0.5, 0.6) is 5.88 Å². The molecule has 18 heavy (non-hydrogen) atoms. The van der Waals surface area contributed by atoms with Crippen LogP contribution in [0.3, 0.4) is 0 Å². The van der Waals surface area contributed by atoms with Crippen LogP contribution in [0, 0.1) is 0 Å². The topological polar surface area (TPSA) is 73.1 Å².